The van der Waals surface area contributed by atoms with Gasteiger partial charge in [0.05, 0.1) is 28.5 Å². The minimum absolute atomic E-state index is 0.0862. The molecule has 5 amide bonds. The van der Waals surface area contributed by atoms with E-state index in [2.05, 4.69) is 35.6 Å². The van der Waals surface area contributed by atoms with Crippen LogP contribution in [0.15, 0.2) is 53.5 Å². The summed E-state index contributed by atoms with van der Waals surface area (Å²) in [5, 5.41) is 9.25. The lowest BCUT2D eigenvalue weighted by molar-refractivity contribution is -0.136. The van der Waals surface area contributed by atoms with Crippen molar-refractivity contribution in [1.82, 2.24) is 35.0 Å². The molecule has 4 fully saturated rings. The second-order valence-corrected chi connectivity index (χ2v) is 18.1. The summed E-state index contributed by atoms with van der Waals surface area (Å²) in [6.45, 7) is 9.91. The van der Waals surface area contributed by atoms with E-state index in [4.69, 9.17) is 21.3 Å². The highest BCUT2D eigenvalue weighted by Crippen LogP contribution is 2.43. The molecule has 0 bridgehead atoms. The minimum atomic E-state index is -0.986. The van der Waals surface area contributed by atoms with Crippen LogP contribution < -0.4 is 36.0 Å². The monoisotopic (exact) mass is 878 g/mol. The number of piperidine rings is 3. The van der Waals surface area contributed by atoms with E-state index in [0.29, 0.717) is 39.5 Å². The van der Waals surface area contributed by atoms with Crippen molar-refractivity contribution in [3.05, 3.63) is 75.2 Å². The fourth-order valence-electron chi connectivity index (χ4n) is 9.98. The quantitative estimate of drug-likeness (QED) is 0.183. The van der Waals surface area contributed by atoms with E-state index in [1.54, 1.807) is 29.0 Å². The molecule has 3 N–H and O–H groups in total. The number of ether oxygens (including phenoxy) is 1. The number of halogens is 1. The number of nitrogens with zero attached hydrogens (tertiary/aromatic N) is 7. The van der Waals surface area contributed by atoms with Gasteiger partial charge in [-0.2, -0.15) is 4.98 Å². The van der Waals surface area contributed by atoms with Gasteiger partial charge in [0, 0.05) is 76.4 Å². The highest BCUT2D eigenvalue weighted by molar-refractivity contribution is 6.33. The summed E-state index contributed by atoms with van der Waals surface area (Å²) in [7, 11) is 1.51. The van der Waals surface area contributed by atoms with Crippen molar-refractivity contribution in [2.75, 3.05) is 74.6 Å². The van der Waals surface area contributed by atoms with Gasteiger partial charge in [-0.1, -0.05) is 17.7 Å². The van der Waals surface area contributed by atoms with Crippen molar-refractivity contribution in [2.24, 2.45) is 11.3 Å². The number of amides is 5. The van der Waals surface area contributed by atoms with Gasteiger partial charge in [0.15, 0.2) is 18.2 Å². The number of nitrogens with one attached hydrogen (secondary N) is 3. The number of fused-ring (bicyclic) bond motifs is 2. The number of imide groups is 2. The topological polar surface area (TPSA) is 191 Å². The van der Waals surface area contributed by atoms with Crippen LogP contribution in [0.3, 0.4) is 0 Å². The van der Waals surface area contributed by atoms with Crippen molar-refractivity contribution in [3.63, 3.8) is 0 Å². The van der Waals surface area contributed by atoms with Crippen LogP contribution >= 0.6 is 11.6 Å². The van der Waals surface area contributed by atoms with Crippen LogP contribution in [0.2, 0.25) is 5.02 Å². The largest absolute Gasteiger partial charge is 0.478 e. The lowest BCUT2D eigenvalue weighted by Gasteiger charge is -2.55. The number of likely N-dealkylation sites (tertiary alicyclic amines) is 1. The summed E-state index contributed by atoms with van der Waals surface area (Å²) in [6, 6.07) is 11.5. The van der Waals surface area contributed by atoms with Gasteiger partial charge in [-0.25, -0.2) is 4.98 Å². The lowest BCUT2D eigenvalue weighted by Crippen LogP contribution is -2.61. The third-order valence-corrected chi connectivity index (χ3v) is 13.6. The summed E-state index contributed by atoms with van der Waals surface area (Å²) in [6.07, 6.45) is 5.84. The molecule has 4 aromatic rings. The first kappa shape index (κ1) is 42.2. The number of hydrogen-bond acceptors (Lipinski definition) is 13. The summed E-state index contributed by atoms with van der Waals surface area (Å²) >= 11 is 6.62. The molecule has 17 nitrogen and oxygen atoms in total. The van der Waals surface area contributed by atoms with Gasteiger partial charge < -0.3 is 34.6 Å². The van der Waals surface area contributed by atoms with Crippen molar-refractivity contribution >= 4 is 75.2 Å². The SMILES string of the molecule is CNC(=O)COc1cc2cc(Nc3nc(N4CCC5(CC4)CN(CC4CCN(c6cccc7c6C(=O)N(C6CCC(=O)NC6=O)C7=O)CC4)C5)ncc3Cl)ccc2n(C(C)C)c1=O. The molecule has 9 rings (SSSR count). The highest BCUT2D eigenvalue weighted by atomic mass is 35.5. The van der Waals surface area contributed by atoms with Gasteiger partial charge in [-0.3, -0.25) is 39.0 Å². The third-order valence-electron chi connectivity index (χ3n) is 13.3. The first-order valence-electron chi connectivity index (χ1n) is 21.7. The Bertz CT molecular complexity index is 2570. The van der Waals surface area contributed by atoms with E-state index in [1.165, 1.54) is 7.05 Å². The Morgan fingerprint density at radius 1 is 0.968 bits per heavy atom. The number of benzene rings is 2. The fourth-order valence-corrected chi connectivity index (χ4v) is 10.1. The maximum Gasteiger partial charge on any atom is 0.293 e. The molecule has 1 unspecified atom stereocenters. The van der Waals surface area contributed by atoms with Gasteiger partial charge in [0.1, 0.15) is 11.1 Å². The normalized spacial score (nSPS) is 20.3. The van der Waals surface area contributed by atoms with Crippen LogP contribution in [0.5, 0.6) is 5.75 Å². The number of rotatable bonds is 11. The van der Waals surface area contributed by atoms with E-state index in [-0.39, 0.29) is 48.1 Å². The molecule has 0 aliphatic carbocycles. The number of aromatic nitrogens is 3. The zero-order valence-electron chi connectivity index (χ0n) is 35.6. The summed E-state index contributed by atoms with van der Waals surface area (Å²) in [5.41, 5.74) is 2.80. The molecule has 1 spiro atoms. The number of carbonyl (C=O) groups excluding carboxylic acids is 5. The van der Waals surface area contributed by atoms with Crippen LogP contribution in [-0.4, -0.2) is 119 Å². The molecule has 63 heavy (non-hydrogen) atoms. The van der Waals surface area contributed by atoms with Gasteiger partial charge in [0.25, 0.3) is 23.3 Å². The molecule has 2 aromatic carbocycles. The van der Waals surface area contributed by atoms with Crippen LogP contribution in [-0.2, 0) is 14.4 Å². The number of hydrogen-bond donors (Lipinski definition) is 3. The summed E-state index contributed by atoms with van der Waals surface area (Å²) in [4.78, 5) is 93.9. The van der Waals surface area contributed by atoms with Gasteiger partial charge in [-0.15, -0.1) is 0 Å². The predicted molar refractivity (Wildman–Crippen MR) is 237 cm³/mol. The second kappa shape index (κ2) is 16.9. The predicted octanol–water partition coefficient (Wildman–Crippen LogP) is 4.11. The molecular weight excluding hydrogens is 828 g/mol. The van der Waals surface area contributed by atoms with Crippen molar-refractivity contribution in [3.8, 4) is 5.75 Å². The number of likely N-dealkylation sites (N-methyl/N-ethyl adjacent to an activating group) is 1. The van der Waals surface area contributed by atoms with Gasteiger partial charge in [0.2, 0.25) is 17.8 Å². The maximum atomic E-state index is 13.7. The van der Waals surface area contributed by atoms with Crippen molar-refractivity contribution < 1.29 is 28.7 Å². The van der Waals surface area contributed by atoms with Crippen molar-refractivity contribution in [1.29, 1.82) is 0 Å². The zero-order chi connectivity index (χ0) is 44.2. The number of carbonyl (C=O) groups is 5. The molecule has 5 aliphatic rings. The zero-order valence-corrected chi connectivity index (χ0v) is 36.4. The molecule has 4 saturated heterocycles. The molecular formula is C45H51ClN10O7. The second-order valence-electron chi connectivity index (χ2n) is 17.7. The third kappa shape index (κ3) is 8.08. The Morgan fingerprint density at radius 2 is 1.73 bits per heavy atom. The lowest BCUT2D eigenvalue weighted by atomic mass is 9.71. The minimum Gasteiger partial charge on any atom is -0.478 e. The Morgan fingerprint density at radius 3 is 2.44 bits per heavy atom. The van der Waals surface area contributed by atoms with E-state index in [9.17, 15) is 28.8 Å². The Hall–Kier alpha value is -6.07. The Labute approximate surface area is 369 Å². The average molecular weight is 879 g/mol. The van der Waals surface area contributed by atoms with Gasteiger partial charge >= 0.3 is 0 Å². The van der Waals surface area contributed by atoms with E-state index in [0.717, 1.165) is 93.0 Å². The smallest absolute Gasteiger partial charge is 0.293 e. The maximum absolute atomic E-state index is 13.7. The Kier molecular flexibility index (Phi) is 11.3. The van der Waals surface area contributed by atoms with Crippen LogP contribution in [0, 0.1) is 11.3 Å². The molecule has 330 valence electrons. The highest BCUT2D eigenvalue weighted by Gasteiger charge is 2.47. The summed E-state index contributed by atoms with van der Waals surface area (Å²) in [5.74, 6) is -0.592. The molecule has 5 aliphatic heterocycles. The summed E-state index contributed by atoms with van der Waals surface area (Å²) < 4.78 is 7.27. The molecule has 7 heterocycles. The van der Waals surface area contributed by atoms with Crippen LogP contribution in [0.4, 0.5) is 23.1 Å². The Balaban J connectivity index is 0.779. The average Bonchev–Trinajstić information content (AvgIpc) is 3.51. The van der Waals surface area contributed by atoms with E-state index in [1.807, 2.05) is 38.1 Å². The molecule has 0 radical (unpaired) electrons. The fraction of sp³-hybridized carbons (Fsp3) is 0.467. The number of pyridine rings is 1. The number of anilines is 4. The molecule has 0 saturated carbocycles. The van der Waals surface area contributed by atoms with E-state index >= 15 is 0 Å². The first-order valence-corrected chi connectivity index (χ1v) is 22.1. The molecule has 1 atom stereocenters. The first-order chi connectivity index (χ1) is 30.3. The molecule has 2 aromatic heterocycles. The standard InChI is InChI=1S/C45H51ClN10O7/c1-26(2)55-32-8-7-29(19-28(32)20-35(42(55)61)63-23-37(58)47-3)49-39-31(46)21-48-44(51-39)54-17-13-45(14-18-54)24-52(25-45)22-27-11-15-53(16-12-27)33-6-4-5-30-38(33)43(62)56(41(30)60)34-9-10-36(57)50-40(34)59/h4-8,19-21,26-27,34H,9-18,22-25H2,1-3H3,(H,47,58)(H,48,49,51)(H,50,57,59). The van der Waals surface area contributed by atoms with Crippen LogP contribution in [0.1, 0.15) is 79.1 Å². The molecule has 18 heteroatoms. The van der Waals surface area contributed by atoms with Crippen molar-refractivity contribution in [2.45, 2.75) is 64.5 Å². The van der Waals surface area contributed by atoms with Gasteiger partial charge in [-0.05, 0) is 93.7 Å². The van der Waals surface area contributed by atoms with E-state index < -0.39 is 29.7 Å². The van der Waals surface area contributed by atoms with Crippen LogP contribution in [0.25, 0.3) is 10.9 Å².